The van der Waals surface area contributed by atoms with Crippen molar-refractivity contribution in [1.29, 1.82) is 0 Å². The third-order valence-electron chi connectivity index (χ3n) is 5.39. The quantitative estimate of drug-likeness (QED) is 0.815. The third kappa shape index (κ3) is 5.08. The molecule has 1 aliphatic heterocycles. The molecule has 2 aromatic carbocycles. The Morgan fingerprint density at radius 1 is 1.03 bits per heavy atom. The second-order valence-electron chi connectivity index (χ2n) is 7.30. The molecule has 0 aliphatic carbocycles. The van der Waals surface area contributed by atoms with E-state index in [1.54, 1.807) is 26.4 Å². The minimum absolute atomic E-state index is 0.0603. The van der Waals surface area contributed by atoms with Crippen molar-refractivity contribution in [1.82, 2.24) is 10.2 Å². The van der Waals surface area contributed by atoms with E-state index in [0.717, 1.165) is 29.7 Å². The smallest absolute Gasteiger partial charge is 0.251 e. The molecule has 1 heterocycles. The highest BCUT2D eigenvalue weighted by Crippen LogP contribution is 2.21. The van der Waals surface area contributed by atoms with Crippen molar-refractivity contribution in [3.05, 3.63) is 59.2 Å². The van der Waals surface area contributed by atoms with Crippen molar-refractivity contribution in [2.75, 3.05) is 27.3 Å². The summed E-state index contributed by atoms with van der Waals surface area (Å²) in [5.74, 6) is 1.41. The lowest BCUT2D eigenvalue weighted by molar-refractivity contribution is -0.131. The van der Waals surface area contributed by atoms with Crippen LogP contribution in [0.5, 0.6) is 11.5 Å². The number of piperidine rings is 1. The molecule has 2 aromatic rings. The zero-order valence-electron chi connectivity index (χ0n) is 17.2. The second-order valence-corrected chi connectivity index (χ2v) is 7.30. The Labute approximate surface area is 171 Å². The highest BCUT2D eigenvalue weighted by atomic mass is 16.5. The van der Waals surface area contributed by atoms with Crippen molar-refractivity contribution in [3.8, 4) is 11.5 Å². The first-order valence-electron chi connectivity index (χ1n) is 9.87. The van der Waals surface area contributed by atoms with Crippen LogP contribution in [0.1, 0.15) is 34.3 Å². The van der Waals surface area contributed by atoms with E-state index in [1.807, 2.05) is 42.2 Å². The molecule has 1 N–H and O–H groups in total. The minimum Gasteiger partial charge on any atom is -0.496 e. The number of nitrogens with zero attached hydrogens (tertiary/aromatic N) is 1. The number of carbonyl (C=O) groups excluding carboxylic acids is 2. The number of amides is 2. The molecule has 29 heavy (non-hydrogen) atoms. The predicted octanol–water partition coefficient (Wildman–Crippen LogP) is 2.98. The minimum atomic E-state index is -0.109. The molecule has 0 unspecified atom stereocenters. The fourth-order valence-corrected chi connectivity index (χ4v) is 3.63. The average molecular weight is 396 g/mol. The summed E-state index contributed by atoms with van der Waals surface area (Å²) in [6.07, 6.45) is 1.81. The standard InChI is InChI=1S/C23H28N2O4/c1-16-8-9-18(14-21(16)29-3)23(27)24-19-10-12-25(13-11-19)22(26)15-17-6-4-5-7-20(17)28-2/h4-9,14,19H,10-13,15H2,1-3H3,(H,24,27). The van der Waals surface area contributed by atoms with Crippen molar-refractivity contribution in [3.63, 3.8) is 0 Å². The molecule has 3 rings (SSSR count). The second kappa shape index (κ2) is 9.45. The molecule has 2 amide bonds. The summed E-state index contributed by atoms with van der Waals surface area (Å²) in [5.41, 5.74) is 2.47. The van der Waals surface area contributed by atoms with E-state index >= 15 is 0 Å². The Hall–Kier alpha value is -3.02. The van der Waals surface area contributed by atoms with Crippen LogP contribution in [0.25, 0.3) is 0 Å². The van der Waals surface area contributed by atoms with Crippen LogP contribution in [-0.2, 0) is 11.2 Å². The third-order valence-corrected chi connectivity index (χ3v) is 5.39. The number of hydrogen-bond donors (Lipinski definition) is 1. The molecule has 0 saturated carbocycles. The summed E-state index contributed by atoms with van der Waals surface area (Å²) >= 11 is 0. The molecule has 0 radical (unpaired) electrons. The summed E-state index contributed by atoms with van der Waals surface area (Å²) < 4.78 is 10.6. The lowest BCUT2D eigenvalue weighted by Crippen LogP contribution is -2.47. The summed E-state index contributed by atoms with van der Waals surface area (Å²) in [5, 5.41) is 3.08. The SMILES string of the molecule is COc1cc(C(=O)NC2CCN(C(=O)Cc3ccccc3OC)CC2)ccc1C. The maximum absolute atomic E-state index is 12.7. The normalized spacial score (nSPS) is 14.4. The molecule has 6 nitrogen and oxygen atoms in total. The molecule has 6 heteroatoms. The number of likely N-dealkylation sites (tertiary alicyclic amines) is 1. The average Bonchev–Trinajstić information content (AvgIpc) is 2.74. The number of aryl methyl sites for hydroxylation is 1. The van der Waals surface area contributed by atoms with Gasteiger partial charge in [0, 0.05) is 30.3 Å². The van der Waals surface area contributed by atoms with E-state index in [4.69, 9.17) is 9.47 Å². The molecule has 0 bridgehead atoms. The van der Waals surface area contributed by atoms with E-state index in [9.17, 15) is 9.59 Å². The molecule has 0 aromatic heterocycles. The summed E-state index contributed by atoms with van der Waals surface area (Å²) in [6.45, 7) is 3.21. The Morgan fingerprint density at radius 3 is 2.41 bits per heavy atom. The van der Waals surface area contributed by atoms with Crippen molar-refractivity contribution in [2.24, 2.45) is 0 Å². The fourth-order valence-electron chi connectivity index (χ4n) is 3.63. The predicted molar refractivity (Wildman–Crippen MR) is 111 cm³/mol. The molecular formula is C23H28N2O4. The van der Waals surface area contributed by atoms with Gasteiger partial charge in [-0.1, -0.05) is 24.3 Å². The molecule has 0 spiro atoms. The Balaban J connectivity index is 1.52. The van der Waals surface area contributed by atoms with Gasteiger partial charge < -0.3 is 19.7 Å². The van der Waals surface area contributed by atoms with Crippen molar-refractivity contribution >= 4 is 11.8 Å². The van der Waals surface area contributed by atoms with Gasteiger partial charge in [-0.2, -0.15) is 0 Å². The van der Waals surface area contributed by atoms with Crippen molar-refractivity contribution < 1.29 is 19.1 Å². The van der Waals surface area contributed by atoms with E-state index < -0.39 is 0 Å². The van der Waals surface area contributed by atoms with E-state index in [-0.39, 0.29) is 17.9 Å². The summed E-state index contributed by atoms with van der Waals surface area (Å²) in [6, 6.07) is 13.1. The number of hydrogen-bond acceptors (Lipinski definition) is 4. The van der Waals surface area contributed by atoms with Gasteiger partial charge >= 0.3 is 0 Å². The number of carbonyl (C=O) groups is 2. The summed E-state index contributed by atoms with van der Waals surface area (Å²) in [7, 11) is 3.21. The highest BCUT2D eigenvalue weighted by molar-refractivity contribution is 5.95. The Kier molecular flexibility index (Phi) is 6.75. The number of ether oxygens (including phenoxy) is 2. The van der Waals surface area contributed by atoms with Crippen LogP contribution < -0.4 is 14.8 Å². The van der Waals surface area contributed by atoms with Gasteiger partial charge in [0.15, 0.2) is 0 Å². The molecule has 154 valence electrons. The first-order valence-corrected chi connectivity index (χ1v) is 9.87. The van der Waals surface area contributed by atoms with Crippen LogP contribution in [0.4, 0.5) is 0 Å². The maximum Gasteiger partial charge on any atom is 0.251 e. The zero-order valence-corrected chi connectivity index (χ0v) is 17.2. The first kappa shape index (κ1) is 20.7. The van der Waals surface area contributed by atoms with E-state index in [2.05, 4.69) is 5.32 Å². The monoisotopic (exact) mass is 396 g/mol. The lowest BCUT2D eigenvalue weighted by Gasteiger charge is -2.32. The number of methoxy groups -OCH3 is 2. The van der Waals surface area contributed by atoms with Crippen LogP contribution in [0.15, 0.2) is 42.5 Å². The molecule has 0 atom stereocenters. The van der Waals surface area contributed by atoms with E-state index in [1.165, 1.54) is 0 Å². The Bertz CT molecular complexity index is 873. The topological polar surface area (TPSA) is 67.9 Å². The number of nitrogens with one attached hydrogen (secondary N) is 1. The largest absolute Gasteiger partial charge is 0.496 e. The van der Waals surface area contributed by atoms with Gasteiger partial charge in [-0.25, -0.2) is 0 Å². The number of rotatable bonds is 6. The summed E-state index contributed by atoms with van der Waals surface area (Å²) in [4.78, 5) is 27.1. The molecule has 1 saturated heterocycles. The van der Waals surface area contributed by atoms with E-state index in [0.29, 0.717) is 30.8 Å². The number of para-hydroxylation sites is 1. The van der Waals surface area contributed by atoms with Gasteiger partial charge in [-0.05, 0) is 43.5 Å². The van der Waals surface area contributed by atoms with Gasteiger partial charge in [0.05, 0.1) is 20.6 Å². The van der Waals surface area contributed by atoms with Crippen LogP contribution in [0.2, 0.25) is 0 Å². The molecular weight excluding hydrogens is 368 g/mol. The Morgan fingerprint density at radius 2 is 1.72 bits per heavy atom. The van der Waals surface area contributed by atoms with Gasteiger partial charge in [-0.15, -0.1) is 0 Å². The van der Waals surface area contributed by atoms with Gasteiger partial charge in [0.25, 0.3) is 5.91 Å². The van der Waals surface area contributed by atoms with Crippen LogP contribution >= 0.6 is 0 Å². The van der Waals surface area contributed by atoms with Gasteiger partial charge in [-0.3, -0.25) is 9.59 Å². The molecule has 1 aliphatic rings. The van der Waals surface area contributed by atoms with Crippen LogP contribution in [0, 0.1) is 6.92 Å². The van der Waals surface area contributed by atoms with Gasteiger partial charge in [0.2, 0.25) is 5.91 Å². The van der Waals surface area contributed by atoms with Crippen LogP contribution in [-0.4, -0.2) is 50.1 Å². The number of benzene rings is 2. The lowest BCUT2D eigenvalue weighted by atomic mass is 10.0. The fraction of sp³-hybridized carbons (Fsp3) is 0.391. The van der Waals surface area contributed by atoms with Crippen molar-refractivity contribution in [2.45, 2.75) is 32.2 Å². The first-order chi connectivity index (χ1) is 14.0. The molecule has 1 fully saturated rings. The highest BCUT2D eigenvalue weighted by Gasteiger charge is 2.25. The zero-order chi connectivity index (χ0) is 20.8. The van der Waals surface area contributed by atoms with Crippen LogP contribution in [0.3, 0.4) is 0 Å². The maximum atomic E-state index is 12.7. The van der Waals surface area contributed by atoms with Gasteiger partial charge in [0.1, 0.15) is 11.5 Å².